The number of fused-ring (bicyclic) bond motifs is 1. The van der Waals surface area contributed by atoms with Gasteiger partial charge in [-0.3, -0.25) is 38.6 Å². The van der Waals surface area contributed by atoms with Crippen molar-refractivity contribution in [2.45, 2.75) is 115 Å². The van der Waals surface area contributed by atoms with E-state index in [2.05, 4.69) is 72.5 Å². The maximum atomic E-state index is 14.2. The van der Waals surface area contributed by atoms with Crippen LogP contribution in [-0.2, 0) is 44.8 Å². The molecule has 362 valence electrons. The van der Waals surface area contributed by atoms with Crippen molar-refractivity contribution in [3.63, 3.8) is 0 Å². The van der Waals surface area contributed by atoms with E-state index in [9.17, 15) is 48.6 Å². The molecule has 1 aromatic heterocycles. The molecule has 7 amide bonds. The zero-order chi connectivity index (χ0) is 49.0. The molecule has 2 rings (SSSR count). The molecule has 0 saturated carbocycles. The van der Waals surface area contributed by atoms with Gasteiger partial charge in [-0.05, 0) is 49.7 Å². The molecule has 1 heterocycles. The van der Waals surface area contributed by atoms with Crippen LogP contribution in [0.5, 0.6) is 0 Å². The van der Waals surface area contributed by atoms with Gasteiger partial charge >= 0.3 is 5.97 Å². The van der Waals surface area contributed by atoms with Gasteiger partial charge < -0.3 is 69.6 Å². The summed E-state index contributed by atoms with van der Waals surface area (Å²) in [6, 6.07) is -2.99. The average molecular weight is 951 g/mol. The largest absolute Gasteiger partial charge is 0.480 e. The van der Waals surface area contributed by atoms with E-state index in [-0.39, 0.29) is 55.6 Å². The summed E-state index contributed by atoms with van der Waals surface area (Å²) in [7, 11) is 0. The van der Waals surface area contributed by atoms with E-state index in [4.69, 9.17) is 17.2 Å². The van der Waals surface area contributed by atoms with Gasteiger partial charge in [-0.15, -0.1) is 0 Å². The fourth-order valence-electron chi connectivity index (χ4n) is 6.38. The van der Waals surface area contributed by atoms with Crippen molar-refractivity contribution in [2.24, 2.45) is 34.0 Å². The third-order valence-corrected chi connectivity index (χ3v) is 11.1. The first kappa shape index (κ1) is 55.5. The summed E-state index contributed by atoms with van der Waals surface area (Å²) < 4.78 is 0. The van der Waals surface area contributed by atoms with E-state index in [0.717, 1.165) is 10.9 Å². The highest BCUT2D eigenvalue weighted by molar-refractivity contribution is 7.80. The first-order valence-electron chi connectivity index (χ1n) is 21.2. The normalized spacial score (nSPS) is 15.4. The van der Waals surface area contributed by atoms with Gasteiger partial charge in [0.05, 0.1) is 12.6 Å². The standard InChI is InChI=1S/C41H66N12O10S2/c1-6-21(4)32(39(61)48-27(40(62)63)12-9-13-45-41(43)44)53-37(59)30(17-54)51-35(57)28(14-20(2)3)50-36(58)29(15-23-16-46-26-11-8-7-10-24(23)26)49-33(55)22(5)47-38(60)31(19-65)52-34(56)25(42)18-64/h7-8,10-11,16,20-22,25,27-32,46,54,64-65H,6,9,12-15,17-19,42H2,1-5H3,(H,47,60)(H,48,61)(H,49,55)(H,50,58)(H,51,57)(H,52,56)(H,53,59)(H,62,63)(H4,43,44,45)/t21-,22-,25-,27-,28-,29-,30-,31-,32-/m0/s1. The Bertz CT molecular complexity index is 1980. The second-order valence-corrected chi connectivity index (χ2v) is 16.8. The van der Waals surface area contributed by atoms with Crippen LogP contribution in [0.4, 0.5) is 0 Å². The molecule has 1 aromatic carbocycles. The highest BCUT2D eigenvalue weighted by atomic mass is 32.1. The molecule has 22 nitrogen and oxygen atoms in total. The Morgan fingerprint density at radius 3 is 1.88 bits per heavy atom. The lowest BCUT2D eigenvalue weighted by molar-refractivity contribution is -0.143. The molecule has 0 aliphatic carbocycles. The highest BCUT2D eigenvalue weighted by Gasteiger charge is 2.35. The molecule has 24 heteroatoms. The zero-order valence-electron chi connectivity index (χ0n) is 37.3. The van der Waals surface area contributed by atoms with Crippen molar-refractivity contribution in [1.29, 1.82) is 0 Å². The van der Waals surface area contributed by atoms with Crippen LogP contribution in [0.15, 0.2) is 35.5 Å². The Hall–Kier alpha value is -5.59. The first-order valence-corrected chi connectivity index (χ1v) is 22.5. The van der Waals surface area contributed by atoms with Gasteiger partial charge in [-0.2, -0.15) is 25.3 Å². The molecule has 65 heavy (non-hydrogen) atoms. The summed E-state index contributed by atoms with van der Waals surface area (Å²) in [6.07, 6.45) is 2.22. The minimum Gasteiger partial charge on any atom is -0.480 e. The van der Waals surface area contributed by atoms with Gasteiger partial charge in [0.2, 0.25) is 41.4 Å². The minimum atomic E-state index is -1.62. The first-order chi connectivity index (χ1) is 30.7. The third kappa shape index (κ3) is 18.1. The highest BCUT2D eigenvalue weighted by Crippen LogP contribution is 2.20. The van der Waals surface area contributed by atoms with Crippen LogP contribution in [0, 0.1) is 11.8 Å². The number of carboxylic acids is 1. The van der Waals surface area contributed by atoms with Crippen LogP contribution < -0.4 is 54.4 Å². The molecule has 9 atom stereocenters. The molecule has 0 fully saturated rings. The fourth-order valence-corrected chi connectivity index (χ4v) is 6.80. The van der Waals surface area contributed by atoms with E-state index in [1.807, 2.05) is 18.2 Å². The molecule has 0 spiro atoms. The number of amides is 7. The minimum absolute atomic E-state index is 0.0188. The third-order valence-electron chi connectivity index (χ3n) is 10.3. The number of aliphatic hydroxyl groups excluding tert-OH is 1. The number of nitrogens with one attached hydrogen (secondary N) is 8. The lowest BCUT2D eigenvalue weighted by Gasteiger charge is -2.29. The molecule has 2 aromatic rings. The SMILES string of the molecule is CC[C@H](C)[C@H](NC(=O)[C@H](CO)NC(=O)[C@H](CC(C)C)NC(=O)[C@H](Cc1c[nH]c2ccccc12)NC(=O)[C@H](C)NC(=O)[C@H](CS)NC(=O)[C@@H](N)CS)C(=O)N[C@@H](CCCN=C(N)N)C(=O)O. The second-order valence-electron chi connectivity index (χ2n) is 16.0. The maximum Gasteiger partial charge on any atom is 0.326 e. The number of H-pyrrole nitrogens is 1. The van der Waals surface area contributed by atoms with Gasteiger partial charge in [-0.25, -0.2) is 4.79 Å². The summed E-state index contributed by atoms with van der Waals surface area (Å²) in [5.41, 5.74) is 17.7. The summed E-state index contributed by atoms with van der Waals surface area (Å²) in [6.45, 7) is 7.55. The Labute approximate surface area is 388 Å². The Morgan fingerprint density at radius 1 is 0.723 bits per heavy atom. The number of aliphatic carboxylic acids is 1. The number of aromatic nitrogens is 1. The smallest absolute Gasteiger partial charge is 0.326 e. The van der Waals surface area contributed by atoms with Crippen molar-refractivity contribution >= 4 is 89.4 Å². The number of carbonyl (C=O) groups excluding carboxylic acids is 7. The number of carboxylic acid groups (broad SMARTS) is 1. The number of guanidine groups is 1. The molecular formula is C41H66N12O10S2. The quantitative estimate of drug-likeness (QED) is 0.0182. The summed E-state index contributed by atoms with van der Waals surface area (Å²) in [5, 5.41) is 38.5. The number of para-hydroxylation sites is 1. The van der Waals surface area contributed by atoms with E-state index in [1.165, 1.54) is 6.92 Å². The van der Waals surface area contributed by atoms with E-state index >= 15 is 0 Å². The number of hydrogen-bond donors (Lipinski definition) is 15. The van der Waals surface area contributed by atoms with Crippen LogP contribution in [0.1, 0.15) is 65.9 Å². The molecule has 0 bridgehead atoms. The number of nitrogens with zero attached hydrogens (tertiary/aromatic N) is 1. The van der Waals surface area contributed by atoms with Crippen molar-refractivity contribution in [2.75, 3.05) is 24.7 Å². The molecule has 16 N–H and O–H groups in total. The van der Waals surface area contributed by atoms with Crippen LogP contribution in [0.3, 0.4) is 0 Å². The zero-order valence-corrected chi connectivity index (χ0v) is 39.0. The predicted octanol–water partition coefficient (Wildman–Crippen LogP) is -2.47. The van der Waals surface area contributed by atoms with Crippen molar-refractivity contribution in [1.82, 2.24) is 42.2 Å². The number of aliphatic imine (C=N–C) groups is 1. The number of aromatic amines is 1. The van der Waals surface area contributed by atoms with Crippen LogP contribution >= 0.6 is 25.3 Å². The Morgan fingerprint density at radius 2 is 1.29 bits per heavy atom. The van der Waals surface area contributed by atoms with Gasteiger partial charge in [0, 0.05) is 41.6 Å². The summed E-state index contributed by atoms with van der Waals surface area (Å²) in [5.74, 6) is -7.93. The fraction of sp³-hybridized carbons (Fsp3) is 0.585. The van der Waals surface area contributed by atoms with E-state index < -0.39 is 108 Å². The van der Waals surface area contributed by atoms with Crippen LogP contribution in [0.25, 0.3) is 10.9 Å². The van der Waals surface area contributed by atoms with Crippen molar-refractivity contribution in [3.8, 4) is 0 Å². The number of rotatable bonds is 28. The Balaban J connectivity index is 2.33. The Kier molecular flexibility index (Phi) is 23.6. The molecule has 0 aliphatic rings. The lowest BCUT2D eigenvalue weighted by Crippen LogP contribution is -2.61. The lowest BCUT2D eigenvalue weighted by atomic mass is 9.97. The number of thiol groups is 2. The molecular weight excluding hydrogens is 885 g/mol. The van der Waals surface area contributed by atoms with E-state index in [1.54, 1.807) is 40.0 Å². The van der Waals surface area contributed by atoms with Crippen molar-refractivity contribution in [3.05, 3.63) is 36.0 Å². The van der Waals surface area contributed by atoms with Gasteiger partial charge in [0.25, 0.3) is 0 Å². The number of aliphatic hydroxyl groups is 1. The average Bonchev–Trinajstić information content (AvgIpc) is 3.67. The molecule has 0 aliphatic heterocycles. The summed E-state index contributed by atoms with van der Waals surface area (Å²) >= 11 is 8.13. The number of benzene rings is 1. The molecule has 0 unspecified atom stereocenters. The number of hydrogen-bond acceptors (Lipinski definition) is 13. The predicted molar refractivity (Wildman–Crippen MR) is 250 cm³/mol. The number of nitrogens with two attached hydrogens (primary N) is 3. The monoisotopic (exact) mass is 950 g/mol. The maximum absolute atomic E-state index is 14.2. The molecule has 0 saturated heterocycles. The van der Waals surface area contributed by atoms with Crippen LogP contribution in [-0.4, -0.2) is 141 Å². The van der Waals surface area contributed by atoms with Gasteiger partial charge in [0.1, 0.15) is 42.3 Å². The van der Waals surface area contributed by atoms with Gasteiger partial charge in [-0.1, -0.05) is 52.3 Å². The summed E-state index contributed by atoms with van der Waals surface area (Å²) in [4.78, 5) is 113. The van der Waals surface area contributed by atoms with Gasteiger partial charge in [0.15, 0.2) is 5.96 Å². The number of carbonyl (C=O) groups is 8. The molecule has 0 radical (unpaired) electrons. The van der Waals surface area contributed by atoms with E-state index in [0.29, 0.717) is 12.0 Å². The van der Waals surface area contributed by atoms with Crippen LogP contribution in [0.2, 0.25) is 0 Å². The second kappa shape index (κ2) is 27.7. The topological polar surface area (TPSA) is 367 Å². The van der Waals surface area contributed by atoms with Crippen molar-refractivity contribution < 1.29 is 48.6 Å².